The van der Waals surface area contributed by atoms with Crippen LogP contribution in [-0.4, -0.2) is 30.8 Å². The maximum absolute atomic E-state index is 11.1. The number of hydrogen-bond donors (Lipinski definition) is 2. The van der Waals surface area contributed by atoms with E-state index in [1.54, 1.807) is 0 Å². The molecule has 0 aromatic carbocycles. The Labute approximate surface area is 95.7 Å². The van der Waals surface area contributed by atoms with Gasteiger partial charge in [-0.1, -0.05) is 13.8 Å². The second-order valence-corrected chi connectivity index (χ2v) is 4.06. The van der Waals surface area contributed by atoms with Crippen molar-refractivity contribution in [2.24, 2.45) is 5.92 Å². The lowest BCUT2D eigenvalue weighted by molar-refractivity contribution is -0.124. The molecule has 4 nitrogen and oxygen atoms in total. The predicted molar refractivity (Wildman–Crippen MR) is 60.8 cm³/mol. The van der Waals surface area contributed by atoms with Gasteiger partial charge in [-0.25, -0.2) is 0 Å². The molecule has 0 aliphatic carbocycles. The first-order chi connectivity index (χ1) is 7.06. The lowest BCUT2D eigenvalue weighted by Crippen LogP contribution is -2.37. The highest BCUT2D eigenvalue weighted by Gasteiger charge is 2.03. The third-order valence-corrected chi connectivity index (χ3v) is 2.09. The highest BCUT2D eigenvalue weighted by atomic mass is 35.5. The van der Waals surface area contributed by atoms with Gasteiger partial charge in [0.1, 0.15) is 5.88 Å². The summed E-state index contributed by atoms with van der Waals surface area (Å²) >= 11 is 5.25. The van der Waals surface area contributed by atoms with Crippen LogP contribution in [0.25, 0.3) is 0 Å². The van der Waals surface area contributed by atoms with E-state index in [4.69, 9.17) is 11.6 Å². The van der Waals surface area contributed by atoms with Gasteiger partial charge in [-0.2, -0.15) is 0 Å². The van der Waals surface area contributed by atoms with Crippen LogP contribution in [0.1, 0.15) is 26.7 Å². The minimum absolute atomic E-state index is 0.00717. The standard InChI is InChI=1S/C10H19ClN2O2/c1-8(2)4-3-5-12-10(15)7-13-9(14)6-11/h8H,3-7H2,1-2H3,(H,12,15)(H,13,14). The van der Waals surface area contributed by atoms with Crippen molar-refractivity contribution in [3.8, 4) is 0 Å². The molecule has 0 saturated carbocycles. The number of carbonyl (C=O) groups is 2. The molecule has 2 N–H and O–H groups in total. The van der Waals surface area contributed by atoms with E-state index >= 15 is 0 Å². The van der Waals surface area contributed by atoms with Crippen molar-refractivity contribution in [2.75, 3.05) is 19.0 Å². The van der Waals surface area contributed by atoms with E-state index in [0.29, 0.717) is 12.5 Å². The van der Waals surface area contributed by atoms with E-state index in [1.807, 2.05) is 0 Å². The fraction of sp³-hybridized carbons (Fsp3) is 0.800. The summed E-state index contributed by atoms with van der Waals surface area (Å²) in [4.78, 5) is 21.9. The van der Waals surface area contributed by atoms with Crippen molar-refractivity contribution in [3.05, 3.63) is 0 Å². The predicted octanol–water partition coefficient (Wildman–Crippen LogP) is 0.894. The molecule has 0 unspecified atom stereocenters. The summed E-state index contributed by atoms with van der Waals surface area (Å²) in [6.45, 7) is 4.95. The number of alkyl halides is 1. The van der Waals surface area contributed by atoms with Gasteiger partial charge in [-0.15, -0.1) is 11.6 Å². The Morgan fingerprint density at radius 1 is 1.20 bits per heavy atom. The van der Waals surface area contributed by atoms with Gasteiger partial charge in [0, 0.05) is 6.54 Å². The molecule has 2 amide bonds. The van der Waals surface area contributed by atoms with Gasteiger partial charge >= 0.3 is 0 Å². The molecule has 0 saturated heterocycles. The Kier molecular flexibility index (Phi) is 8.09. The SMILES string of the molecule is CC(C)CCCNC(=O)CNC(=O)CCl. The second-order valence-electron chi connectivity index (χ2n) is 3.80. The fourth-order valence-corrected chi connectivity index (χ4v) is 1.12. The molecule has 5 heteroatoms. The van der Waals surface area contributed by atoms with Crippen LogP contribution in [0.5, 0.6) is 0 Å². The Morgan fingerprint density at radius 3 is 2.40 bits per heavy atom. The third-order valence-electron chi connectivity index (χ3n) is 1.85. The molecule has 0 atom stereocenters. The molecule has 0 aromatic rings. The lowest BCUT2D eigenvalue weighted by Gasteiger charge is -2.07. The smallest absolute Gasteiger partial charge is 0.239 e. The Hall–Kier alpha value is -0.770. The van der Waals surface area contributed by atoms with Gasteiger partial charge in [-0.05, 0) is 18.8 Å². The molecular formula is C10H19ClN2O2. The summed E-state index contributed by atoms with van der Waals surface area (Å²) in [5.74, 6) is 0.0461. The molecule has 0 aliphatic rings. The van der Waals surface area contributed by atoms with E-state index < -0.39 is 0 Å². The molecule has 0 heterocycles. The van der Waals surface area contributed by atoms with Crippen LogP contribution in [0, 0.1) is 5.92 Å². The third kappa shape index (κ3) is 9.53. The minimum Gasteiger partial charge on any atom is -0.355 e. The molecule has 0 radical (unpaired) electrons. The topological polar surface area (TPSA) is 58.2 Å². The maximum Gasteiger partial charge on any atom is 0.239 e. The van der Waals surface area contributed by atoms with Gasteiger partial charge in [0.15, 0.2) is 0 Å². The van der Waals surface area contributed by atoms with Crippen molar-refractivity contribution >= 4 is 23.4 Å². The quantitative estimate of drug-likeness (QED) is 0.508. The lowest BCUT2D eigenvalue weighted by atomic mass is 10.1. The number of halogens is 1. The summed E-state index contributed by atoms with van der Waals surface area (Å²) in [5.41, 5.74) is 0. The molecule has 0 bridgehead atoms. The summed E-state index contributed by atoms with van der Waals surface area (Å²) in [6.07, 6.45) is 2.06. The first-order valence-corrected chi connectivity index (χ1v) is 5.69. The number of carbonyl (C=O) groups excluding carboxylic acids is 2. The van der Waals surface area contributed by atoms with Gasteiger partial charge in [0.25, 0.3) is 0 Å². The number of hydrogen-bond acceptors (Lipinski definition) is 2. The minimum atomic E-state index is -0.325. The van der Waals surface area contributed by atoms with E-state index in [-0.39, 0.29) is 24.2 Å². The van der Waals surface area contributed by atoms with E-state index in [9.17, 15) is 9.59 Å². The fourth-order valence-electron chi connectivity index (χ4n) is 1.03. The molecule has 0 fully saturated rings. The van der Waals surface area contributed by atoms with E-state index in [1.165, 1.54) is 0 Å². The van der Waals surface area contributed by atoms with Crippen LogP contribution >= 0.6 is 11.6 Å². The Morgan fingerprint density at radius 2 is 1.87 bits per heavy atom. The van der Waals surface area contributed by atoms with Crippen molar-refractivity contribution in [3.63, 3.8) is 0 Å². The molecule has 0 rings (SSSR count). The van der Waals surface area contributed by atoms with Crippen molar-refractivity contribution < 1.29 is 9.59 Å². The van der Waals surface area contributed by atoms with Crippen molar-refractivity contribution in [1.29, 1.82) is 0 Å². The molecule has 0 spiro atoms. The Bertz CT molecular complexity index is 208. The number of amides is 2. The number of rotatable bonds is 7. The molecular weight excluding hydrogens is 216 g/mol. The zero-order valence-corrected chi connectivity index (χ0v) is 10.1. The van der Waals surface area contributed by atoms with Crippen LogP contribution in [-0.2, 0) is 9.59 Å². The van der Waals surface area contributed by atoms with Crippen LogP contribution < -0.4 is 10.6 Å². The summed E-state index contributed by atoms with van der Waals surface area (Å²) in [5, 5.41) is 5.12. The largest absolute Gasteiger partial charge is 0.355 e. The first kappa shape index (κ1) is 14.2. The summed E-state index contributed by atoms with van der Waals surface area (Å²) in [6, 6.07) is 0. The van der Waals surface area contributed by atoms with Crippen LogP contribution in [0.4, 0.5) is 0 Å². The van der Waals surface area contributed by atoms with Crippen LogP contribution in [0.3, 0.4) is 0 Å². The zero-order valence-electron chi connectivity index (χ0n) is 9.31. The van der Waals surface area contributed by atoms with Gasteiger partial charge in [0.2, 0.25) is 11.8 Å². The van der Waals surface area contributed by atoms with E-state index in [2.05, 4.69) is 24.5 Å². The molecule has 15 heavy (non-hydrogen) atoms. The van der Waals surface area contributed by atoms with Crippen LogP contribution in [0.2, 0.25) is 0 Å². The molecule has 88 valence electrons. The highest BCUT2D eigenvalue weighted by Crippen LogP contribution is 2.01. The highest BCUT2D eigenvalue weighted by molar-refractivity contribution is 6.27. The average molecular weight is 235 g/mol. The van der Waals surface area contributed by atoms with Crippen molar-refractivity contribution in [2.45, 2.75) is 26.7 Å². The average Bonchev–Trinajstić information content (AvgIpc) is 2.20. The summed E-state index contributed by atoms with van der Waals surface area (Å²) in [7, 11) is 0. The normalized spacial score (nSPS) is 10.1. The summed E-state index contributed by atoms with van der Waals surface area (Å²) < 4.78 is 0. The first-order valence-electron chi connectivity index (χ1n) is 5.15. The monoisotopic (exact) mass is 234 g/mol. The zero-order chi connectivity index (χ0) is 11.7. The number of nitrogens with one attached hydrogen (secondary N) is 2. The Balaban J connectivity index is 3.37. The van der Waals surface area contributed by atoms with E-state index in [0.717, 1.165) is 12.8 Å². The molecule has 0 aromatic heterocycles. The van der Waals surface area contributed by atoms with Gasteiger partial charge in [-0.3, -0.25) is 9.59 Å². The van der Waals surface area contributed by atoms with Gasteiger partial charge < -0.3 is 10.6 Å². The second kappa shape index (κ2) is 8.53. The van der Waals surface area contributed by atoms with Gasteiger partial charge in [0.05, 0.1) is 6.54 Å². The molecule has 0 aliphatic heterocycles. The maximum atomic E-state index is 11.1. The van der Waals surface area contributed by atoms with Crippen LogP contribution in [0.15, 0.2) is 0 Å². The van der Waals surface area contributed by atoms with Crippen molar-refractivity contribution in [1.82, 2.24) is 10.6 Å².